The smallest absolute Gasteiger partial charge is 0.303 e. The minimum Gasteiger partial charge on any atom is -0.481 e. The predicted octanol–water partition coefficient (Wildman–Crippen LogP) is 3.08. The summed E-state index contributed by atoms with van der Waals surface area (Å²) >= 11 is 5.71. The molecule has 6 nitrogen and oxygen atoms in total. The van der Waals surface area contributed by atoms with E-state index in [1.54, 1.807) is 4.90 Å². The predicted molar refractivity (Wildman–Crippen MR) is 75.3 cm³/mol. The summed E-state index contributed by atoms with van der Waals surface area (Å²) in [6.07, 6.45) is 1.34. The first kappa shape index (κ1) is 15.5. The van der Waals surface area contributed by atoms with Crippen LogP contribution in [0.4, 0.5) is 15.8 Å². The van der Waals surface area contributed by atoms with Crippen LogP contribution in [-0.4, -0.2) is 29.1 Å². The van der Waals surface area contributed by atoms with Gasteiger partial charge < -0.3 is 10.0 Å². The number of carbonyl (C=O) groups is 1. The number of halogens is 2. The number of piperidine rings is 1. The third-order valence-electron chi connectivity index (χ3n) is 3.63. The summed E-state index contributed by atoms with van der Waals surface area (Å²) < 4.78 is 13.4. The van der Waals surface area contributed by atoms with Crippen molar-refractivity contribution < 1.29 is 19.2 Å². The third kappa shape index (κ3) is 3.60. The Labute approximate surface area is 125 Å². The Morgan fingerprint density at radius 3 is 2.62 bits per heavy atom. The number of nitro benzene ring substituents is 1. The van der Waals surface area contributed by atoms with Crippen LogP contribution in [0, 0.1) is 21.8 Å². The highest BCUT2D eigenvalue weighted by atomic mass is 35.5. The van der Waals surface area contributed by atoms with Gasteiger partial charge >= 0.3 is 5.97 Å². The highest BCUT2D eigenvalue weighted by Gasteiger charge is 2.27. The van der Waals surface area contributed by atoms with Gasteiger partial charge in [0.05, 0.1) is 16.0 Å². The zero-order valence-corrected chi connectivity index (χ0v) is 11.8. The average molecular weight is 317 g/mol. The van der Waals surface area contributed by atoms with Gasteiger partial charge in [-0.3, -0.25) is 14.9 Å². The van der Waals surface area contributed by atoms with Gasteiger partial charge in [-0.15, -0.1) is 0 Å². The molecular formula is C13H14ClFN2O4. The number of hydrogen-bond donors (Lipinski definition) is 1. The van der Waals surface area contributed by atoms with E-state index in [2.05, 4.69) is 0 Å². The van der Waals surface area contributed by atoms with E-state index in [4.69, 9.17) is 16.7 Å². The van der Waals surface area contributed by atoms with E-state index >= 15 is 0 Å². The number of nitrogens with zero attached hydrogens (tertiary/aromatic N) is 2. The van der Waals surface area contributed by atoms with Gasteiger partial charge in [0.1, 0.15) is 11.5 Å². The summed E-state index contributed by atoms with van der Waals surface area (Å²) in [7, 11) is 0. The molecule has 1 aromatic rings. The molecule has 1 fully saturated rings. The molecular weight excluding hydrogens is 303 g/mol. The molecule has 0 radical (unpaired) electrons. The Hall–Kier alpha value is -1.89. The number of carboxylic acids is 1. The van der Waals surface area contributed by atoms with Crippen LogP contribution in [0.5, 0.6) is 0 Å². The van der Waals surface area contributed by atoms with Gasteiger partial charge in [-0.05, 0) is 24.8 Å². The van der Waals surface area contributed by atoms with Crippen molar-refractivity contribution in [2.75, 3.05) is 18.0 Å². The number of carboxylic acid groups (broad SMARTS) is 1. The first-order valence-electron chi connectivity index (χ1n) is 6.48. The van der Waals surface area contributed by atoms with Crippen molar-refractivity contribution >= 4 is 28.9 Å². The molecule has 0 aromatic heterocycles. The molecule has 1 heterocycles. The molecule has 21 heavy (non-hydrogen) atoms. The minimum absolute atomic E-state index is 0.0636. The van der Waals surface area contributed by atoms with Gasteiger partial charge in [0.15, 0.2) is 0 Å². The molecule has 0 amide bonds. The largest absolute Gasteiger partial charge is 0.481 e. The van der Waals surface area contributed by atoms with E-state index in [9.17, 15) is 19.3 Å². The van der Waals surface area contributed by atoms with E-state index in [-0.39, 0.29) is 28.7 Å². The number of rotatable bonds is 4. The molecule has 2 rings (SSSR count). The van der Waals surface area contributed by atoms with E-state index in [1.165, 1.54) is 6.07 Å². The standard InChI is InChI=1S/C13H14ClFN2O4/c14-9-6-11(12(17(20)21)7-10(9)15)16-3-1-8(2-4-16)5-13(18)19/h6-8H,1-5H2,(H,18,19). The van der Waals surface area contributed by atoms with Gasteiger partial charge in [-0.1, -0.05) is 11.6 Å². The van der Waals surface area contributed by atoms with Crippen LogP contribution in [-0.2, 0) is 4.79 Å². The summed E-state index contributed by atoms with van der Waals surface area (Å²) in [5, 5.41) is 19.6. The second-order valence-electron chi connectivity index (χ2n) is 5.04. The van der Waals surface area contributed by atoms with Crippen LogP contribution in [0.3, 0.4) is 0 Å². The molecule has 0 spiro atoms. The SMILES string of the molecule is O=C(O)CC1CCN(c2cc(Cl)c(F)cc2[N+](=O)[O-])CC1. The van der Waals surface area contributed by atoms with Crippen LogP contribution in [0.1, 0.15) is 19.3 Å². The number of benzene rings is 1. The van der Waals surface area contributed by atoms with Crippen molar-refractivity contribution in [2.45, 2.75) is 19.3 Å². The van der Waals surface area contributed by atoms with E-state index < -0.39 is 16.7 Å². The lowest BCUT2D eigenvalue weighted by molar-refractivity contribution is -0.384. The van der Waals surface area contributed by atoms with Crippen molar-refractivity contribution in [2.24, 2.45) is 5.92 Å². The van der Waals surface area contributed by atoms with Gasteiger partial charge in [0.25, 0.3) is 5.69 Å². The monoisotopic (exact) mass is 316 g/mol. The molecule has 114 valence electrons. The Morgan fingerprint density at radius 2 is 2.10 bits per heavy atom. The summed E-state index contributed by atoms with van der Waals surface area (Å²) in [5.41, 5.74) is -0.0474. The fraction of sp³-hybridized carbons (Fsp3) is 0.462. The van der Waals surface area contributed by atoms with Gasteiger partial charge in [-0.25, -0.2) is 4.39 Å². The molecule has 0 unspecified atom stereocenters. The van der Waals surface area contributed by atoms with Crippen LogP contribution in [0.15, 0.2) is 12.1 Å². The number of nitro groups is 1. The number of anilines is 1. The third-order valence-corrected chi connectivity index (χ3v) is 3.92. The average Bonchev–Trinajstić information content (AvgIpc) is 2.41. The van der Waals surface area contributed by atoms with Crippen molar-refractivity contribution in [1.29, 1.82) is 0 Å². The zero-order valence-electron chi connectivity index (χ0n) is 11.1. The van der Waals surface area contributed by atoms with E-state index in [0.29, 0.717) is 25.9 Å². The molecule has 1 N–H and O–H groups in total. The first-order chi connectivity index (χ1) is 9.88. The van der Waals surface area contributed by atoms with Crippen LogP contribution < -0.4 is 4.90 Å². The second-order valence-corrected chi connectivity index (χ2v) is 5.45. The number of hydrogen-bond acceptors (Lipinski definition) is 4. The second kappa shape index (κ2) is 6.26. The summed E-state index contributed by atoms with van der Waals surface area (Å²) in [6.45, 7) is 0.974. The minimum atomic E-state index is -0.843. The summed E-state index contributed by atoms with van der Waals surface area (Å²) in [4.78, 5) is 22.8. The molecule has 1 aliphatic rings. The maximum absolute atomic E-state index is 13.4. The van der Waals surface area contributed by atoms with Gasteiger partial charge in [0, 0.05) is 19.5 Å². The molecule has 0 aliphatic carbocycles. The molecule has 0 saturated carbocycles. The number of aliphatic carboxylic acids is 1. The van der Waals surface area contributed by atoms with Crippen molar-refractivity contribution in [3.05, 3.63) is 33.1 Å². The quantitative estimate of drug-likeness (QED) is 0.681. The Bertz CT molecular complexity index is 574. The first-order valence-corrected chi connectivity index (χ1v) is 6.86. The van der Waals surface area contributed by atoms with Gasteiger partial charge in [-0.2, -0.15) is 0 Å². The highest BCUT2D eigenvalue weighted by molar-refractivity contribution is 6.31. The lowest BCUT2D eigenvalue weighted by atomic mass is 9.93. The molecule has 1 saturated heterocycles. The fourth-order valence-corrected chi connectivity index (χ4v) is 2.71. The normalized spacial score (nSPS) is 16.0. The molecule has 1 aromatic carbocycles. The highest BCUT2D eigenvalue weighted by Crippen LogP contribution is 2.35. The maximum Gasteiger partial charge on any atom is 0.303 e. The summed E-state index contributed by atoms with van der Waals surface area (Å²) in [5.74, 6) is -1.61. The lowest BCUT2D eigenvalue weighted by Crippen LogP contribution is -2.34. The Kier molecular flexibility index (Phi) is 4.62. The Balaban J connectivity index is 2.18. The molecule has 0 bridgehead atoms. The van der Waals surface area contributed by atoms with E-state index in [1.807, 2.05) is 0 Å². The maximum atomic E-state index is 13.4. The van der Waals surface area contributed by atoms with Crippen LogP contribution in [0.2, 0.25) is 5.02 Å². The summed E-state index contributed by atoms with van der Waals surface area (Å²) in [6, 6.07) is 2.08. The van der Waals surface area contributed by atoms with Crippen molar-refractivity contribution in [3.8, 4) is 0 Å². The molecule has 0 atom stereocenters. The van der Waals surface area contributed by atoms with Crippen molar-refractivity contribution in [3.63, 3.8) is 0 Å². The van der Waals surface area contributed by atoms with Gasteiger partial charge in [0.2, 0.25) is 0 Å². The van der Waals surface area contributed by atoms with Crippen LogP contribution in [0.25, 0.3) is 0 Å². The zero-order chi connectivity index (χ0) is 15.6. The topological polar surface area (TPSA) is 83.7 Å². The fourth-order valence-electron chi connectivity index (χ4n) is 2.55. The van der Waals surface area contributed by atoms with Crippen LogP contribution >= 0.6 is 11.6 Å². The Morgan fingerprint density at radius 1 is 1.48 bits per heavy atom. The van der Waals surface area contributed by atoms with E-state index in [0.717, 1.165) is 6.07 Å². The molecule has 1 aliphatic heterocycles. The molecule has 8 heteroatoms. The lowest BCUT2D eigenvalue weighted by Gasteiger charge is -2.32. The van der Waals surface area contributed by atoms with Crippen molar-refractivity contribution in [1.82, 2.24) is 0 Å².